The van der Waals surface area contributed by atoms with Crippen LogP contribution in [0.1, 0.15) is 33.6 Å². The third-order valence-corrected chi connectivity index (χ3v) is 3.71. The Bertz CT molecular complexity index is 615. The summed E-state index contributed by atoms with van der Waals surface area (Å²) >= 11 is 0. The van der Waals surface area contributed by atoms with Crippen LogP contribution in [0, 0.1) is 0 Å². The van der Waals surface area contributed by atoms with Crippen LogP contribution in [-0.4, -0.2) is 50.2 Å². The van der Waals surface area contributed by atoms with Crippen LogP contribution in [0.25, 0.3) is 5.65 Å². The molecule has 0 aliphatic heterocycles. The van der Waals surface area contributed by atoms with Crippen LogP contribution in [0.4, 0.5) is 5.82 Å². The molecule has 0 radical (unpaired) electrons. The summed E-state index contributed by atoms with van der Waals surface area (Å²) in [5, 5.41) is 9.69. The summed E-state index contributed by atoms with van der Waals surface area (Å²) in [6.07, 6.45) is 3.73. The Balaban J connectivity index is 1.86. The van der Waals surface area contributed by atoms with Gasteiger partial charge in [0.25, 0.3) is 0 Å². The first-order valence-electron chi connectivity index (χ1n) is 7.55. The molecule has 0 spiro atoms. The van der Waals surface area contributed by atoms with Gasteiger partial charge in [0.2, 0.25) is 0 Å². The molecule has 1 unspecified atom stereocenters. The zero-order valence-electron chi connectivity index (χ0n) is 13.0. The monoisotopic (exact) mass is 292 g/mol. The first kappa shape index (κ1) is 15.5. The summed E-state index contributed by atoms with van der Waals surface area (Å²) < 4.78 is 1.39. The van der Waals surface area contributed by atoms with Gasteiger partial charge in [-0.3, -0.25) is 0 Å². The molecule has 0 saturated heterocycles. The molecule has 2 heterocycles. The van der Waals surface area contributed by atoms with E-state index in [0.717, 1.165) is 38.3 Å². The molecular weight excluding hydrogens is 268 g/mol. The van der Waals surface area contributed by atoms with E-state index in [0.29, 0.717) is 11.7 Å². The average molecular weight is 292 g/mol. The molecule has 0 aromatic carbocycles. The summed E-state index contributed by atoms with van der Waals surface area (Å²) in [6.45, 7) is 9.85. The molecule has 7 nitrogen and oxygen atoms in total. The van der Waals surface area contributed by atoms with E-state index in [1.807, 2.05) is 0 Å². The standard InChI is InChI=1S/C14H24N6O/c1-4-19(5-2)8-6-7-11(3)16-12-9-13-17-18-14(21)20(13)10-15-12/h9-11,16H,4-8H2,1-3H3,(H,18,21). The third kappa shape index (κ3) is 4.04. The molecule has 0 aliphatic rings. The zero-order chi connectivity index (χ0) is 15.2. The van der Waals surface area contributed by atoms with Gasteiger partial charge in [0.1, 0.15) is 12.1 Å². The zero-order valence-corrected chi connectivity index (χ0v) is 13.0. The topological polar surface area (TPSA) is 78.3 Å². The van der Waals surface area contributed by atoms with Crippen LogP contribution in [0.3, 0.4) is 0 Å². The SMILES string of the molecule is CCN(CC)CCCC(C)Nc1cc2n[nH]c(=O)n2cn1. The Morgan fingerprint density at radius 1 is 1.43 bits per heavy atom. The van der Waals surface area contributed by atoms with Gasteiger partial charge in [0.15, 0.2) is 5.65 Å². The summed E-state index contributed by atoms with van der Waals surface area (Å²) in [5.41, 5.74) is 0.309. The van der Waals surface area contributed by atoms with E-state index in [4.69, 9.17) is 0 Å². The van der Waals surface area contributed by atoms with Gasteiger partial charge in [0, 0.05) is 12.1 Å². The van der Waals surface area contributed by atoms with Gasteiger partial charge in [-0.15, -0.1) is 0 Å². The fourth-order valence-electron chi connectivity index (χ4n) is 2.37. The van der Waals surface area contributed by atoms with Crippen molar-refractivity contribution in [2.24, 2.45) is 0 Å². The molecule has 2 rings (SSSR count). The predicted molar refractivity (Wildman–Crippen MR) is 83.7 cm³/mol. The first-order chi connectivity index (χ1) is 10.1. The molecule has 2 aromatic heterocycles. The fraction of sp³-hybridized carbons (Fsp3) is 0.643. The van der Waals surface area contributed by atoms with Crippen molar-refractivity contribution in [3.05, 3.63) is 22.9 Å². The molecule has 2 aromatic rings. The minimum absolute atomic E-state index is 0.267. The Labute approximate surface area is 124 Å². The van der Waals surface area contributed by atoms with E-state index in [9.17, 15) is 4.79 Å². The molecule has 0 bridgehead atoms. The molecule has 0 aliphatic carbocycles. The Morgan fingerprint density at radius 3 is 2.90 bits per heavy atom. The van der Waals surface area contributed by atoms with Gasteiger partial charge >= 0.3 is 5.69 Å². The lowest BCUT2D eigenvalue weighted by atomic mass is 10.1. The second-order valence-electron chi connectivity index (χ2n) is 5.25. The molecule has 21 heavy (non-hydrogen) atoms. The van der Waals surface area contributed by atoms with Gasteiger partial charge < -0.3 is 10.2 Å². The first-order valence-corrected chi connectivity index (χ1v) is 7.55. The maximum Gasteiger partial charge on any atom is 0.348 e. The predicted octanol–water partition coefficient (Wildman–Crippen LogP) is 1.34. The number of aromatic amines is 1. The quantitative estimate of drug-likeness (QED) is 0.767. The van der Waals surface area contributed by atoms with Gasteiger partial charge in [-0.2, -0.15) is 5.10 Å². The Kier molecular flexibility index (Phi) is 5.32. The highest BCUT2D eigenvalue weighted by molar-refractivity contribution is 5.48. The van der Waals surface area contributed by atoms with Crippen LogP contribution >= 0.6 is 0 Å². The molecule has 2 N–H and O–H groups in total. The number of anilines is 1. The molecule has 0 fully saturated rings. The highest BCUT2D eigenvalue weighted by Gasteiger charge is 2.07. The Morgan fingerprint density at radius 2 is 2.19 bits per heavy atom. The summed E-state index contributed by atoms with van der Waals surface area (Å²) in [7, 11) is 0. The van der Waals surface area contributed by atoms with Crippen LogP contribution in [0.15, 0.2) is 17.2 Å². The third-order valence-electron chi connectivity index (χ3n) is 3.71. The lowest BCUT2D eigenvalue weighted by molar-refractivity contribution is 0.295. The van der Waals surface area contributed by atoms with Crippen molar-refractivity contribution in [3.63, 3.8) is 0 Å². The van der Waals surface area contributed by atoms with Crippen molar-refractivity contribution < 1.29 is 0 Å². The van der Waals surface area contributed by atoms with Crippen LogP contribution in [-0.2, 0) is 0 Å². The maximum atomic E-state index is 11.4. The van der Waals surface area contributed by atoms with Crippen LogP contribution in [0.2, 0.25) is 0 Å². The van der Waals surface area contributed by atoms with E-state index >= 15 is 0 Å². The number of rotatable bonds is 8. The van der Waals surface area contributed by atoms with E-state index in [1.54, 1.807) is 6.07 Å². The lowest BCUT2D eigenvalue weighted by Gasteiger charge is -2.20. The summed E-state index contributed by atoms with van der Waals surface area (Å²) in [5.74, 6) is 0.747. The average Bonchev–Trinajstić information content (AvgIpc) is 2.84. The lowest BCUT2D eigenvalue weighted by Crippen LogP contribution is -2.25. The normalized spacial score (nSPS) is 13.0. The van der Waals surface area contributed by atoms with Gasteiger partial charge in [-0.05, 0) is 39.4 Å². The molecule has 7 heteroatoms. The number of nitrogens with zero attached hydrogens (tertiary/aromatic N) is 4. The maximum absolute atomic E-state index is 11.4. The van der Waals surface area contributed by atoms with Crippen molar-refractivity contribution in [2.75, 3.05) is 25.0 Å². The number of nitrogens with one attached hydrogen (secondary N) is 2. The summed E-state index contributed by atoms with van der Waals surface area (Å²) in [6, 6.07) is 2.11. The molecular formula is C14H24N6O. The second-order valence-corrected chi connectivity index (χ2v) is 5.25. The van der Waals surface area contributed by atoms with Crippen molar-refractivity contribution in [1.29, 1.82) is 0 Å². The number of aromatic nitrogens is 4. The molecule has 116 valence electrons. The smallest absolute Gasteiger partial charge is 0.348 e. The van der Waals surface area contributed by atoms with E-state index in [2.05, 4.69) is 46.2 Å². The fourth-order valence-corrected chi connectivity index (χ4v) is 2.37. The minimum atomic E-state index is -0.267. The second kappa shape index (κ2) is 7.21. The Hall–Kier alpha value is -1.89. The molecule has 0 amide bonds. The van der Waals surface area contributed by atoms with Gasteiger partial charge in [-0.1, -0.05) is 13.8 Å². The van der Waals surface area contributed by atoms with Crippen molar-refractivity contribution in [3.8, 4) is 0 Å². The number of hydrogen-bond donors (Lipinski definition) is 2. The van der Waals surface area contributed by atoms with Crippen molar-refractivity contribution in [1.82, 2.24) is 24.5 Å². The van der Waals surface area contributed by atoms with Crippen molar-refractivity contribution in [2.45, 2.75) is 39.7 Å². The highest BCUT2D eigenvalue weighted by atomic mass is 16.1. The summed E-state index contributed by atoms with van der Waals surface area (Å²) in [4.78, 5) is 18.0. The van der Waals surface area contributed by atoms with Gasteiger partial charge in [0.05, 0.1) is 0 Å². The van der Waals surface area contributed by atoms with Crippen molar-refractivity contribution >= 4 is 11.5 Å². The molecule has 0 saturated carbocycles. The van der Waals surface area contributed by atoms with E-state index in [-0.39, 0.29) is 5.69 Å². The van der Waals surface area contributed by atoms with E-state index < -0.39 is 0 Å². The molecule has 1 atom stereocenters. The number of fused-ring (bicyclic) bond motifs is 1. The number of hydrogen-bond acceptors (Lipinski definition) is 5. The minimum Gasteiger partial charge on any atom is -0.367 e. The van der Waals surface area contributed by atoms with Gasteiger partial charge in [-0.25, -0.2) is 19.3 Å². The largest absolute Gasteiger partial charge is 0.367 e. The van der Waals surface area contributed by atoms with Crippen LogP contribution < -0.4 is 11.0 Å². The van der Waals surface area contributed by atoms with E-state index in [1.165, 1.54) is 10.7 Å². The van der Waals surface area contributed by atoms with Crippen LogP contribution in [0.5, 0.6) is 0 Å². The highest BCUT2D eigenvalue weighted by Crippen LogP contribution is 2.09. The number of H-pyrrole nitrogens is 1.